The molecule has 438 valence electrons. The van der Waals surface area contributed by atoms with E-state index < -0.39 is 34.1 Å². The first-order valence-corrected chi connectivity index (χ1v) is 30.0. The molecule has 90 heavy (non-hydrogen) atoms. The van der Waals surface area contributed by atoms with Crippen molar-refractivity contribution in [2.45, 2.75) is 24.7 Å². The van der Waals surface area contributed by atoms with Crippen LogP contribution < -0.4 is 19.3 Å². The molecule has 0 aromatic heterocycles. The lowest BCUT2D eigenvalue weighted by Gasteiger charge is -2.35. The molecule has 0 radical (unpaired) electrons. The number of fused-ring (bicyclic) bond motifs is 6. The predicted octanol–water partition coefficient (Wildman–Crippen LogP) is 21.3. The number of hydrogen-bond donors (Lipinski definition) is 0. The minimum absolute atomic E-state index is 0.167. The summed E-state index contributed by atoms with van der Waals surface area (Å²) in [5.41, 5.74) is 17.9. The molecule has 4 nitrogen and oxygen atoms in total. The van der Waals surface area contributed by atoms with E-state index in [0.717, 1.165) is 113 Å². The average molecular weight is 1180 g/mol. The lowest BCUT2D eigenvalue weighted by atomic mass is 9.67. The quantitative estimate of drug-likeness (QED) is 0.0670. The number of aryl methyl sites for hydroxylation is 2. The van der Waals surface area contributed by atoms with Crippen LogP contribution in [0.5, 0.6) is 11.5 Å². The van der Waals surface area contributed by atoms with E-state index >= 15 is 8.78 Å². The zero-order chi connectivity index (χ0) is 61.7. The summed E-state index contributed by atoms with van der Waals surface area (Å²) in [4.78, 5) is 3.67. The molecular weight excluding hydrogens is 1120 g/mol. The van der Waals surface area contributed by atoms with Crippen LogP contribution in [0.2, 0.25) is 0 Å². The molecule has 2 aliphatic rings. The van der Waals surface area contributed by atoms with Crippen molar-refractivity contribution < 1.29 is 27.0 Å². The maximum absolute atomic E-state index is 16.6. The van der Waals surface area contributed by atoms with Gasteiger partial charge in [0.15, 0.2) is 0 Å². The van der Waals surface area contributed by atoms with Crippen molar-refractivity contribution in [3.05, 3.63) is 371 Å². The normalized spacial score (nSPS) is 15.0. The lowest BCUT2D eigenvalue weighted by Crippen LogP contribution is -2.29. The molecule has 12 aromatic carbocycles. The maximum atomic E-state index is 16.6. The van der Waals surface area contributed by atoms with Crippen molar-refractivity contribution >= 4 is 34.1 Å². The Morgan fingerprint density at radius 2 is 0.678 bits per heavy atom. The fraction of sp³-hybridized carbons (Fsp3) is 0.0732. The molecule has 0 amide bonds. The number of benzene rings is 12. The van der Waals surface area contributed by atoms with E-state index in [1.54, 1.807) is 12.2 Å². The fourth-order valence-corrected chi connectivity index (χ4v) is 13.7. The van der Waals surface area contributed by atoms with E-state index in [1.165, 1.54) is 24.3 Å². The van der Waals surface area contributed by atoms with E-state index in [4.69, 9.17) is 9.47 Å². The van der Waals surface area contributed by atoms with Crippen LogP contribution in [-0.2, 0) is 10.8 Å². The van der Waals surface area contributed by atoms with Crippen molar-refractivity contribution in [2.75, 3.05) is 23.0 Å². The highest BCUT2D eigenvalue weighted by Crippen LogP contribution is 2.60. The summed E-state index contributed by atoms with van der Waals surface area (Å²) in [5, 5.41) is 0. The van der Waals surface area contributed by atoms with Gasteiger partial charge in [0.1, 0.15) is 48.0 Å². The highest BCUT2D eigenvalue weighted by Gasteiger charge is 2.48. The Bertz CT molecular complexity index is 4400. The van der Waals surface area contributed by atoms with E-state index in [9.17, 15) is 8.78 Å². The van der Waals surface area contributed by atoms with Crippen molar-refractivity contribution in [2.24, 2.45) is 0 Å². The molecule has 14 rings (SSSR count). The number of ether oxygens (including phenoxy) is 2. The van der Waals surface area contributed by atoms with Crippen molar-refractivity contribution in [3.63, 3.8) is 0 Å². The maximum Gasteiger partial charge on any atom is 0.150 e. The predicted molar refractivity (Wildman–Crippen MR) is 357 cm³/mol. The lowest BCUT2D eigenvalue weighted by molar-refractivity contribution is 0.363. The van der Waals surface area contributed by atoms with Crippen LogP contribution in [-0.4, -0.2) is 13.2 Å². The molecular formula is C82H60F4N2O2. The second-order valence-corrected chi connectivity index (χ2v) is 23.0. The van der Waals surface area contributed by atoms with Gasteiger partial charge in [-0.15, -0.1) is 0 Å². The highest BCUT2D eigenvalue weighted by molar-refractivity contribution is 5.92. The van der Waals surface area contributed by atoms with E-state index in [2.05, 4.69) is 173 Å². The summed E-state index contributed by atoms with van der Waals surface area (Å²) < 4.78 is 74.9. The summed E-state index contributed by atoms with van der Waals surface area (Å²) in [7, 11) is 0. The number of halogens is 4. The van der Waals surface area contributed by atoms with Gasteiger partial charge in [0.05, 0.1) is 22.2 Å². The van der Waals surface area contributed by atoms with Crippen LogP contribution in [0.25, 0.3) is 33.4 Å². The van der Waals surface area contributed by atoms with Gasteiger partial charge in [-0.05, 0) is 189 Å². The molecule has 2 aliphatic carbocycles. The third-order valence-electron chi connectivity index (χ3n) is 17.7. The Kier molecular flexibility index (Phi) is 14.7. The number of hydrogen-bond acceptors (Lipinski definition) is 4. The smallest absolute Gasteiger partial charge is 0.150 e. The van der Waals surface area contributed by atoms with Crippen LogP contribution >= 0.6 is 0 Å². The molecule has 0 fully saturated rings. The number of rotatable bonds is 17. The average Bonchev–Trinajstić information content (AvgIpc) is 1.53. The second kappa shape index (κ2) is 23.3. The SMILES string of the molecule is C=CCOc1ccc(C2(c3ccc(C)cc3)c3ccccc3-c3ccc(N(c4ccc(-c5ccc(N(c6ccc7c(c6)C(c6ccc(C)cc6)(c6ccc(OCC=C)cc6)c6ccccc6-7)c6ccc(F)cc6F)cc5)cc4)c4ccc(F)cc4F)cc32)cc1. The van der Waals surface area contributed by atoms with Crippen molar-refractivity contribution in [1.82, 2.24) is 0 Å². The van der Waals surface area contributed by atoms with E-state index in [-0.39, 0.29) is 11.4 Å². The first-order valence-electron chi connectivity index (χ1n) is 30.0. The standard InChI is InChI=1S/C82H60F4N2O2/c1-5-47-89-67-39-27-59(28-40-67)81(57-23-15-53(3)16-24-57)73-13-9-7-11-69(73)71-43-37-65(51-75(71)81)87(79-45-31-61(83)49-77(79)85)63-33-19-55(20-34-63)56-21-35-64(36-22-56)88(80-46-32-62(84)50-78(80)86)66-38-44-72-70-12-8-10-14-74(70)82(76(72)52-66,58-25-17-54(4)18-26-58)60-29-41-68(42-30-60)90-48-6-2/h5-46,49-52H,1-2,47-48H2,3-4H3. The van der Waals surface area contributed by atoms with Crippen LogP contribution in [0.1, 0.15) is 55.6 Å². The molecule has 0 bridgehead atoms. The monoisotopic (exact) mass is 1180 g/mol. The number of nitrogens with zero attached hydrogens (tertiary/aromatic N) is 2. The van der Waals surface area contributed by atoms with Crippen LogP contribution in [0.4, 0.5) is 51.7 Å². The Morgan fingerprint density at radius 1 is 0.344 bits per heavy atom. The van der Waals surface area contributed by atoms with Crippen molar-refractivity contribution in [1.29, 1.82) is 0 Å². The van der Waals surface area contributed by atoms with Gasteiger partial charge in [-0.2, -0.15) is 0 Å². The third-order valence-corrected chi connectivity index (χ3v) is 17.7. The summed E-state index contributed by atoms with van der Waals surface area (Å²) in [6.07, 6.45) is 3.44. The van der Waals surface area contributed by atoms with Gasteiger partial charge in [0.2, 0.25) is 0 Å². The molecule has 0 heterocycles. The van der Waals surface area contributed by atoms with Crippen LogP contribution in [0.15, 0.2) is 292 Å². The topological polar surface area (TPSA) is 24.9 Å². The van der Waals surface area contributed by atoms with E-state index in [1.807, 2.05) is 94.7 Å². The van der Waals surface area contributed by atoms with Gasteiger partial charge >= 0.3 is 0 Å². The molecule has 0 saturated carbocycles. The molecule has 0 N–H and O–H groups in total. The molecule has 8 heteroatoms. The molecule has 12 aromatic rings. The van der Waals surface area contributed by atoms with Gasteiger partial charge < -0.3 is 19.3 Å². The van der Waals surface area contributed by atoms with Gasteiger partial charge in [0, 0.05) is 34.9 Å². The van der Waals surface area contributed by atoms with Gasteiger partial charge in [-0.25, -0.2) is 17.6 Å². The molecule has 0 saturated heterocycles. The molecule has 2 atom stereocenters. The summed E-state index contributed by atoms with van der Waals surface area (Å²) in [5.74, 6) is -1.39. The second-order valence-electron chi connectivity index (χ2n) is 23.0. The van der Waals surface area contributed by atoms with Gasteiger partial charge in [0.25, 0.3) is 0 Å². The highest BCUT2D eigenvalue weighted by atomic mass is 19.1. The third kappa shape index (κ3) is 9.63. The summed E-state index contributed by atoms with van der Waals surface area (Å²) in [6, 6.07) is 86.1. The Labute approximate surface area is 522 Å². The first kappa shape index (κ1) is 56.8. The Balaban J connectivity index is 0.865. The number of anilines is 6. The van der Waals surface area contributed by atoms with Gasteiger partial charge in [-0.3, -0.25) is 0 Å². The van der Waals surface area contributed by atoms with Crippen molar-refractivity contribution in [3.8, 4) is 44.9 Å². The molecule has 2 unspecified atom stereocenters. The minimum Gasteiger partial charge on any atom is -0.490 e. The molecule has 0 spiro atoms. The zero-order valence-corrected chi connectivity index (χ0v) is 49.6. The Morgan fingerprint density at radius 3 is 1.03 bits per heavy atom. The molecule has 0 aliphatic heterocycles. The summed E-state index contributed by atoms with van der Waals surface area (Å²) in [6.45, 7) is 12.6. The van der Waals surface area contributed by atoms with Crippen LogP contribution in [0.3, 0.4) is 0 Å². The summed E-state index contributed by atoms with van der Waals surface area (Å²) >= 11 is 0. The largest absolute Gasteiger partial charge is 0.490 e. The zero-order valence-electron chi connectivity index (χ0n) is 49.6. The van der Waals surface area contributed by atoms with E-state index in [0.29, 0.717) is 36.0 Å². The van der Waals surface area contributed by atoms with Gasteiger partial charge in [-0.1, -0.05) is 194 Å². The first-order chi connectivity index (χ1) is 44.0. The van der Waals surface area contributed by atoms with Crippen LogP contribution in [0, 0.1) is 37.1 Å². The Hall–Kier alpha value is -11.0. The fourth-order valence-electron chi connectivity index (χ4n) is 13.7. The minimum atomic E-state index is -0.805.